The molecule has 0 aliphatic carbocycles. The molecule has 0 fully saturated rings. The average molecular weight is 1000 g/mol. The van der Waals surface area contributed by atoms with Gasteiger partial charge in [0.1, 0.15) is 13.2 Å². The zero-order valence-corrected chi connectivity index (χ0v) is 47.7. The summed E-state index contributed by atoms with van der Waals surface area (Å²) in [6.07, 6.45) is 70.3. The molecule has 0 saturated heterocycles. The number of carbonyl (C=O) groups is 1. The first-order chi connectivity index (χ1) is 34.0. The van der Waals surface area contributed by atoms with Gasteiger partial charge in [-0.15, -0.1) is 0 Å². The summed E-state index contributed by atoms with van der Waals surface area (Å²) in [5.74, 6) is -0.175. The maximum absolute atomic E-state index is 13.0. The molecule has 0 spiro atoms. The number of unbranched alkanes of at least 4 members (excludes halogenated alkanes) is 33. The molecule has 0 bridgehead atoms. The van der Waals surface area contributed by atoms with Crippen molar-refractivity contribution in [1.82, 2.24) is 5.32 Å². The molecular formula is C61H116N2O6P+. The molecule has 0 aromatic heterocycles. The normalized spacial score (nSPS) is 14.3. The third-order valence-corrected chi connectivity index (χ3v) is 14.2. The molecule has 8 nitrogen and oxygen atoms in total. The van der Waals surface area contributed by atoms with Crippen molar-refractivity contribution in [1.29, 1.82) is 0 Å². The highest BCUT2D eigenvalue weighted by atomic mass is 31.2. The predicted molar refractivity (Wildman–Crippen MR) is 304 cm³/mol. The largest absolute Gasteiger partial charge is 0.472 e. The van der Waals surface area contributed by atoms with Crippen LogP contribution < -0.4 is 5.32 Å². The van der Waals surface area contributed by atoms with Crippen LogP contribution in [-0.4, -0.2) is 73.4 Å². The minimum Gasteiger partial charge on any atom is -0.387 e. The number of quaternary nitrogens is 1. The maximum Gasteiger partial charge on any atom is 0.472 e. The Morgan fingerprint density at radius 3 is 1.26 bits per heavy atom. The van der Waals surface area contributed by atoms with Gasteiger partial charge in [-0.25, -0.2) is 4.57 Å². The second-order valence-corrected chi connectivity index (χ2v) is 22.8. The van der Waals surface area contributed by atoms with Crippen molar-refractivity contribution in [3.8, 4) is 0 Å². The van der Waals surface area contributed by atoms with Gasteiger partial charge in [0.25, 0.3) is 0 Å². The minimum absolute atomic E-state index is 0.0612. The van der Waals surface area contributed by atoms with E-state index in [0.29, 0.717) is 17.4 Å². The smallest absolute Gasteiger partial charge is 0.387 e. The van der Waals surface area contributed by atoms with Crippen LogP contribution in [-0.2, 0) is 18.4 Å². The van der Waals surface area contributed by atoms with Crippen LogP contribution in [0.5, 0.6) is 0 Å². The van der Waals surface area contributed by atoms with Crippen LogP contribution in [0.15, 0.2) is 60.8 Å². The summed E-state index contributed by atoms with van der Waals surface area (Å²) in [4.78, 5) is 23.3. The second-order valence-electron chi connectivity index (χ2n) is 21.3. The Balaban J connectivity index is 4.14. The number of carbonyl (C=O) groups excluding carboxylic acids is 1. The number of allylic oxidation sites excluding steroid dienone is 9. The molecule has 0 heterocycles. The topological polar surface area (TPSA) is 105 Å². The summed E-state index contributed by atoms with van der Waals surface area (Å²) in [6, 6.07) is -0.848. The molecule has 0 saturated carbocycles. The quantitative estimate of drug-likeness (QED) is 0.0243. The zero-order chi connectivity index (χ0) is 51.3. The number of phosphoric ester groups is 1. The second kappa shape index (κ2) is 52.1. The van der Waals surface area contributed by atoms with E-state index in [1.54, 1.807) is 6.08 Å². The number of aliphatic hydroxyl groups is 1. The van der Waals surface area contributed by atoms with Crippen LogP contribution in [0.1, 0.15) is 271 Å². The highest BCUT2D eigenvalue weighted by Gasteiger charge is 2.27. The van der Waals surface area contributed by atoms with E-state index in [1.165, 1.54) is 186 Å². The van der Waals surface area contributed by atoms with Crippen LogP contribution in [0, 0.1) is 0 Å². The third-order valence-electron chi connectivity index (χ3n) is 13.2. The van der Waals surface area contributed by atoms with Gasteiger partial charge in [-0.2, -0.15) is 0 Å². The van der Waals surface area contributed by atoms with Crippen LogP contribution >= 0.6 is 7.82 Å². The van der Waals surface area contributed by atoms with E-state index < -0.39 is 20.0 Å². The molecule has 0 aromatic rings. The van der Waals surface area contributed by atoms with Crippen molar-refractivity contribution in [2.75, 3.05) is 40.9 Å². The number of amides is 1. The number of nitrogens with zero attached hydrogens (tertiary/aromatic N) is 1. The lowest BCUT2D eigenvalue weighted by Crippen LogP contribution is -2.45. The van der Waals surface area contributed by atoms with Gasteiger partial charge < -0.3 is 19.8 Å². The Labute approximate surface area is 434 Å². The van der Waals surface area contributed by atoms with E-state index in [1.807, 2.05) is 27.2 Å². The number of aliphatic hydroxyl groups excluding tert-OH is 1. The van der Waals surface area contributed by atoms with Crippen LogP contribution in [0.4, 0.5) is 0 Å². The van der Waals surface area contributed by atoms with Gasteiger partial charge in [-0.3, -0.25) is 13.8 Å². The summed E-state index contributed by atoms with van der Waals surface area (Å²) < 4.78 is 23.7. The first-order valence-corrected chi connectivity index (χ1v) is 31.2. The summed E-state index contributed by atoms with van der Waals surface area (Å²) >= 11 is 0. The fraction of sp³-hybridized carbons (Fsp3) is 0.820. The number of hydrogen-bond acceptors (Lipinski definition) is 5. The Kier molecular flexibility index (Phi) is 50.7. The molecule has 3 unspecified atom stereocenters. The molecule has 0 aliphatic heterocycles. The van der Waals surface area contributed by atoms with Crippen molar-refractivity contribution < 1.29 is 32.9 Å². The van der Waals surface area contributed by atoms with Gasteiger partial charge in [0.05, 0.1) is 39.9 Å². The highest BCUT2D eigenvalue weighted by molar-refractivity contribution is 7.47. The summed E-state index contributed by atoms with van der Waals surface area (Å²) in [6.45, 7) is 4.73. The molecule has 9 heteroatoms. The molecule has 0 rings (SSSR count). The molecule has 3 N–H and O–H groups in total. The lowest BCUT2D eigenvalue weighted by Gasteiger charge is -2.25. The summed E-state index contributed by atoms with van der Waals surface area (Å²) in [5.41, 5.74) is 0. The van der Waals surface area contributed by atoms with Gasteiger partial charge in [-0.1, -0.05) is 267 Å². The fourth-order valence-corrected chi connectivity index (χ4v) is 9.36. The number of rotatable bonds is 54. The monoisotopic (exact) mass is 1000 g/mol. The summed E-state index contributed by atoms with van der Waals surface area (Å²) in [7, 11) is 1.58. The fourth-order valence-electron chi connectivity index (χ4n) is 8.62. The van der Waals surface area contributed by atoms with Gasteiger partial charge in [0, 0.05) is 6.42 Å². The van der Waals surface area contributed by atoms with E-state index in [9.17, 15) is 19.4 Å². The predicted octanol–water partition coefficient (Wildman–Crippen LogP) is 18.1. The van der Waals surface area contributed by atoms with E-state index in [0.717, 1.165) is 64.2 Å². The van der Waals surface area contributed by atoms with Crippen LogP contribution in [0.2, 0.25) is 0 Å². The molecule has 0 aliphatic rings. The Hall–Kier alpha value is -1.80. The number of phosphoric acid groups is 1. The van der Waals surface area contributed by atoms with Crippen molar-refractivity contribution in [2.24, 2.45) is 0 Å². The Morgan fingerprint density at radius 1 is 0.500 bits per heavy atom. The van der Waals surface area contributed by atoms with Gasteiger partial charge >= 0.3 is 7.82 Å². The zero-order valence-electron chi connectivity index (χ0n) is 46.8. The molecule has 0 radical (unpaired) electrons. The van der Waals surface area contributed by atoms with E-state index in [4.69, 9.17) is 9.05 Å². The third kappa shape index (κ3) is 54.0. The Bertz CT molecular complexity index is 1320. The molecule has 1 amide bonds. The van der Waals surface area contributed by atoms with Crippen LogP contribution in [0.25, 0.3) is 0 Å². The molecule has 3 atom stereocenters. The van der Waals surface area contributed by atoms with E-state index >= 15 is 0 Å². The molecule has 0 aromatic carbocycles. The number of hydrogen-bond donors (Lipinski definition) is 3. The lowest BCUT2D eigenvalue weighted by molar-refractivity contribution is -0.870. The molecule has 70 heavy (non-hydrogen) atoms. The Morgan fingerprint density at radius 2 is 0.857 bits per heavy atom. The van der Waals surface area contributed by atoms with Crippen LogP contribution in [0.3, 0.4) is 0 Å². The van der Waals surface area contributed by atoms with Crippen molar-refractivity contribution in [2.45, 2.75) is 283 Å². The standard InChI is InChI=1S/C61H115N2O6P/c1-6-8-10-12-14-16-18-20-22-24-26-27-28-29-30-31-32-33-34-35-37-39-41-43-45-47-49-51-53-55-61(65)62-59(58-69-70(66,67)68-57-56-63(3,4)5)60(64)54-52-50-48-46-44-42-40-38-36-25-23-21-19-17-15-13-11-9-7-2/h8,10,14,16,20,22,26-27,52,54,59-60,64H,6-7,9,11-13,15,17-19,21,23-25,28-51,53,55-58H2,1-5H3,(H-,62,65,66,67)/p+1/b10-8-,16-14-,22-20-,27-26-,54-52+. The van der Waals surface area contributed by atoms with E-state index in [2.05, 4.69) is 67.8 Å². The van der Waals surface area contributed by atoms with Crippen molar-refractivity contribution in [3.05, 3.63) is 60.8 Å². The SMILES string of the molecule is CC/C=C\C/C=C\C/C=C\C/C=C\CCCCCCCCCCCCCCCCCCC(=O)NC(COP(=O)(O)OCC[N+](C)(C)C)C(O)/C=C/CCCCCCCCCCCCCCCCCCC. The average Bonchev–Trinajstić information content (AvgIpc) is 3.32. The summed E-state index contributed by atoms with van der Waals surface area (Å²) in [5, 5.41) is 14.0. The molecular weight excluding hydrogens is 888 g/mol. The van der Waals surface area contributed by atoms with E-state index in [-0.39, 0.29) is 19.1 Å². The van der Waals surface area contributed by atoms with Crippen molar-refractivity contribution >= 4 is 13.7 Å². The van der Waals surface area contributed by atoms with Gasteiger partial charge in [0.2, 0.25) is 5.91 Å². The lowest BCUT2D eigenvalue weighted by atomic mass is 10.0. The first kappa shape index (κ1) is 68.2. The van der Waals surface area contributed by atoms with Crippen molar-refractivity contribution in [3.63, 3.8) is 0 Å². The first-order valence-electron chi connectivity index (χ1n) is 29.7. The van der Waals surface area contributed by atoms with Gasteiger partial charge in [-0.05, 0) is 57.8 Å². The minimum atomic E-state index is -4.35. The number of likely N-dealkylation sites (N-methyl/N-ethyl adjacent to an activating group) is 1. The maximum atomic E-state index is 13.0. The van der Waals surface area contributed by atoms with Gasteiger partial charge in [0.15, 0.2) is 0 Å². The highest BCUT2D eigenvalue weighted by Crippen LogP contribution is 2.43. The molecule has 410 valence electrons. The number of nitrogens with one attached hydrogen (secondary N) is 1.